The minimum absolute atomic E-state index is 0.680. The zero-order chi connectivity index (χ0) is 13.8. The molecule has 21 heavy (non-hydrogen) atoms. The van der Waals surface area contributed by atoms with Gasteiger partial charge in [0.1, 0.15) is 0 Å². The van der Waals surface area contributed by atoms with Gasteiger partial charge >= 0.3 is 0 Å². The summed E-state index contributed by atoms with van der Waals surface area (Å²) in [6, 6.07) is 2.00. The molecule has 3 heterocycles. The second kappa shape index (κ2) is 2.79. The van der Waals surface area contributed by atoms with Crippen LogP contribution in [0, 0.1) is 39.9 Å². The number of hydrogen-bond acceptors (Lipinski definition) is 1. The summed E-state index contributed by atoms with van der Waals surface area (Å²) in [6.07, 6.45) is 10.7. The first-order valence-electron chi connectivity index (χ1n) is 9.55. The maximum absolute atomic E-state index is 4.58. The molecule has 5 saturated carbocycles. The van der Waals surface area contributed by atoms with E-state index >= 15 is 0 Å². The van der Waals surface area contributed by atoms with Gasteiger partial charge in [0, 0.05) is 18.6 Å². The van der Waals surface area contributed by atoms with Gasteiger partial charge in [-0.3, -0.25) is 4.90 Å². The highest BCUT2D eigenvalue weighted by atomic mass is 15.3. The summed E-state index contributed by atoms with van der Waals surface area (Å²) in [5, 5.41) is 0. The SMILES string of the molecule is C=C1CC23CC4C5[C@@]6(C)CCC[C@@]57C2[C@@H]1CC[C@H]3[C@H]7N4C6. The zero-order valence-corrected chi connectivity index (χ0v) is 13.3. The van der Waals surface area contributed by atoms with Crippen molar-refractivity contribution in [2.24, 2.45) is 39.9 Å². The molecule has 3 saturated heterocycles. The van der Waals surface area contributed by atoms with E-state index in [0.717, 1.165) is 46.6 Å². The van der Waals surface area contributed by atoms with Gasteiger partial charge in [-0.05, 0) is 78.4 Å². The maximum atomic E-state index is 4.58. The third kappa shape index (κ3) is 0.802. The third-order valence-corrected chi connectivity index (χ3v) is 10.1. The lowest BCUT2D eigenvalue weighted by molar-refractivity contribution is -0.0931. The number of rotatable bonds is 0. The summed E-state index contributed by atoms with van der Waals surface area (Å²) in [7, 11) is 0. The molecule has 8 rings (SSSR count). The van der Waals surface area contributed by atoms with Gasteiger partial charge in [0.2, 0.25) is 0 Å². The van der Waals surface area contributed by atoms with Crippen LogP contribution >= 0.6 is 0 Å². The van der Waals surface area contributed by atoms with Gasteiger partial charge in [-0.15, -0.1) is 0 Å². The van der Waals surface area contributed by atoms with E-state index < -0.39 is 0 Å². The van der Waals surface area contributed by atoms with Gasteiger partial charge < -0.3 is 0 Å². The van der Waals surface area contributed by atoms with Crippen molar-refractivity contribution in [1.29, 1.82) is 0 Å². The lowest BCUT2D eigenvalue weighted by Crippen LogP contribution is -2.56. The molecule has 0 amide bonds. The predicted octanol–water partition coefficient (Wildman–Crippen LogP) is 3.85. The summed E-state index contributed by atoms with van der Waals surface area (Å²) >= 11 is 0. The molecule has 5 unspecified atom stereocenters. The lowest BCUT2D eigenvalue weighted by Gasteiger charge is -2.58. The number of hydrogen-bond donors (Lipinski definition) is 0. The molecule has 8 aliphatic rings. The quantitative estimate of drug-likeness (QED) is 0.610. The highest BCUT2D eigenvalue weighted by Gasteiger charge is 2.87. The average molecular weight is 281 g/mol. The summed E-state index contributed by atoms with van der Waals surface area (Å²) in [5.41, 5.74) is 3.85. The molecule has 0 radical (unpaired) electrons. The predicted molar refractivity (Wildman–Crippen MR) is 82.7 cm³/mol. The highest BCUT2D eigenvalue weighted by molar-refractivity contribution is 5.41. The van der Waals surface area contributed by atoms with E-state index in [1.165, 1.54) is 32.2 Å². The van der Waals surface area contributed by atoms with Gasteiger partial charge in [-0.1, -0.05) is 25.5 Å². The fourth-order valence-corrected chi connectivity index (χ4v) is 10.6. The smallest absolute Gasteiger partial charge is 0.0195 e. The second-order valence-corrected chi connectivity index (χ2v) is 10.3. The van der Waals surface area contributed by atoms with E-state index in [1.54, 1.807) is 24.8 Å². The molecule has 9 bridgehead atoms. The van der Waals surface area contributed by atoms with Crippen molar-refractivity contribution in [3.63, 3.8) is 0 Å². The van der Waals surface area contributed by atoms with Crippen LogP contribution in [0.3, 0.4) is 0 Å². The van der Waals surface area contributed by atoms with Gasteiger partial charge in [-0.2, -0.15) is 0 Å². The monoisotopic (exact) mass is 281 g/mol. The van der Waals surface area contributed by atoms with E-state index in [9.17, 15) is 0 Å². The van der Waals surface area contributed by atoms with Crippen LogP contribution in [0.4, 0.5) is 0 Å². The standard InChI is InChI=1S/C20H27N/c1-11-8-19-9-14-16-18(2)6-3-7-20(16)15(19)12(11)4-5-13(19)17(20)21(14)10-18/h12-17H,1,3-10H2,2H3/t12-,13+,14?,15?,16?,17-,18+,19?,20-/m1/s1. The highest BCUT2D eigenvalue weighted by Crippen LogP contribution is 2.88. The Hall–Kier alpha value is -0.300. The fraction of sp³-hybridized carbons (Fsp3) is 0.900. The molecule has 1 nitrogen and oxygen atoms in total. The normalized spacial score (nSPS) is 74.5. The Kier molecular flexibility index (Phi) is 1.50. The Morgan fingerprint density at radius 3 is 3.00 bits per heavy atom. The minimum Gasteiger partial charge on any atom is -0.296 e. The van der Waals surface area contributed by atoms with Gasteiger partial charge in [0.25, 0.3) is 0 Å². The van der Waals surface area contributed by atoms with E-state index in [4.69, 9.17) is 0 Å². The molecule has 0 aromatic rings. The van der Waals surface area contributed by atoms with Crippen LogP contribution < -0.4 is 0 Å². The maximum Gasteiger partial charge on any atom is 0.0195 e. The first-order valence-corrected chi connectivity index (χ1v) is 9.55. The van der Waals surface area contributed by atoms with Crippen LogP contribution in [-0.2, 0) is 0 Å². The largest absolute Gasteiger partial charge is 0.296 e. The molecule has 112 valence electrons. The Labute approximate surface area is 128 Å². The van der Waals surface area contributed by atoms with Crippen molar-refractivity contribution in [3.05, 3.63) is 12.2 Å². The fourth-order valence-electron chi connectivity index (χ4n) is 10.6. The summed E-state index contributed by atoms with van der Waals surface area (Å²) in [4.78, 5) is 3.09. The van der Waals surface area contributed by atoms with E-state index in [-0.39, 0.29) is 0 Å². The molecule has 5 aliphatic carbocycles. The molecule has 0 N–H and O–H groups in total. The number of nitrogens with zero attached hydrogens (tertiary/aromatic N) is 1. The van der Waals surface area contributed by atoms with Crippen molar-refractivity contribution in [2.45, 2.75) is 64.0 Å². The third-order valence-electron chi connectivity index (χ3n) is 10.1. The Morgan fingerprint density at radius 2 is 2.10 bits per heavy atom. The zero-order valence-electron chi connectivity index (χ0n) is 13.3. The van der Waals surface area contributed by atoms with Crippen LogP contribution in [0.15, 0.2) is 12.2 Å². The topological polar surface area (TPSA) is 3.24 Å². The van der Waals surface area contributed by atoms with Gasteiger partial charge in [-0.25, -0.2) is 0 Å². The van der Waals surface area contributed by atoms with Crippen molar-refractivity contribution >= 4 is 0 Å². The summed E-state index contributed by atoms with van der Waals surface area (Å²) in [5.74, 6) is 4.11. The molecule has 8 fully saturated rings. The van der Waals surface area contributed by atoms with E-state index in [2.05, 4.69) is 18.4 Å². The lowest BCUT2D eigenvalue weighted by atomic mass is 9.45. The van der Waals surface area contributed by atoms with Crippen LogP contribution in [0.2, 0.25) is 0 Å². The molecule has 10 atom stereocenters. The molecule has 0 aromatic heterocycles. The second-order valence-electron chi connectivity index (χ2n) is 10.3. The van der Waals surface area contributed by atoms with Crippen molar-refractivity contribution in [3.8, 4) is 0 Å². The first-order chi connectivity index (χ1) is 10.1. The van der Waals surface area contributed by atoms with Crippen molar-refractivity contribution < 1.29 is 0 Å². The van der Waals surface area contributed by atoms with E-state index in [1.807, 2.05) is 0 Å². The summed E-state index contributed by atoms with van der Waals surface area (Å²) in [6.45, 7) is 8.70. The average Bonchev–Trinajstić information content (AvgIpc) is 2.91. The van der Waals surface area contributed by atoms with Crippen LogP contribution in [0.1, 0.15) is 51.9 Å². The minimum atomic E-state index is 0.680. The molecule has 3 aliphatic heterocycles. The molecular weight excluding hydrogens is 254 g/mol. The van der Waals surface area contributed by atoms with Crippen molar-refractivity contribution in [2.75, 3.05) is 6.54 Å². The van der Waals surface area contributed by atoms with Crippen LogP contribution in [0.5, 0.6) is 0 Å². The van der Waals surface area contributed by atoms with Gasteiger partial charge in [0.15, 0.2) is 0 Å². The van der Waals surface area contributed by atoms with Crippen molar-refractivity contribution in [1.82, 2.24) is 4.90 Å². The summed E-state index contributed by atoms with van der Waals surface area (Å²) < 4.78 is 0. The molecule has 2 spiro atoms. The first kappa shape index (κ1) is 11.3. The number of piperidine rings is 2. The molecule has 0 aromatic carbocycles. The molecule has 1 heteroatoms. The van der Waals surface area contributed by atoms with Crippen LogP contribution in [-0.4, -0.2) is 23.5 Å². The van der Waals surface area contributed by atoms with E-state index in [0.29, 0.717) is 5.41 Å². The Balaban J connectivity index is 1.56. The van der Waals surface area contributed by atoms with Crippen LogP contribution in [0.25, 0.3) is 0 Å². The number of allylic oxidation sites excluding steroid dienone is 1. The Morgan fingerprint density at radius 1 is 1.19 bits per heavy atom. The molecular formula is C20H27N. The van der Waals surface area contributed by atoms with Gasteiger partial charge in [0.05, 0.1) is 0 Å². The Bertz CT molecular complexity index is 609.